The molecule has 1 fully saturated rings. The molecule has 100 valence electrons. The van der Waals surface area contributed by atoms with E-state index < -0.39 is 9.84 Å². The lowest BCUT2D eigenvalue weighted by atomic mass is 10.1. The molecule has 0 amide bonds. The molecule has 1 aliphatic rings. The summed E-state index contributed by atoms with van der Waals surface area (Å²) >= 11 is 0. The van der Waals surface area contributed by atoms with E-state index in [9.17, 15) is 13.5 Å². The van der Waals surface area contributed by atoms with Crippen molar-refractivity contribution >= 4 is 9.84 Å². The van der Waals surface area contributed by atoms with Crippen LogP contribution in [0.4, 0.5) is 0 Å². The smallest absolute Gasteiger partial charge is 0.151 e. The zero-order valence-corrected chi connectivity index (χ0v) is 11.3. The van der Waals surface area contributed by atoms with Crippen molar-refractivity contribution in [1.82, 2.24) is 5.32 Å². The van der Waals surface area contributed by atoms with Gasteiger partial charge in [-0.1, -0.05) is 18.2 Å². The van der Waals surface area contributed by atoms with Crippen LogP contribution >= 0.6 is 0 Å². The largest absolute Gasteiger partial charge is 0.508 e. The predicted octanol–water partition coefficient (Wildman–Crippen LogP) is 1.62. The van der Waals surface area contributed by atoms with Crippen LogP contribution in [0.1, 0.15) is 31.4 Å². The van der Waals surface area contributed by atoms with Gasteiger partial charge in [0.05, 0.1) is 11.5 Å². The van der Waals surface area contributed by atoms with E-state index in [1.54, 1.807) is 12.1 Å². The number of rotatable bonds is 3. The van der Waals surface area contributed by atoms with Crippen molar-refractivity contribution in [3.8, 4) is 5.75 Å². The second-order valence-electron chi connectivity index (χ2n) is 4.90. The molecule has 5 heteroatoms. The number of hydrogen-bond donors (Lipinski definition) is 2. The van der Waals surface area contributed by atoms with E-state index >= 15 is 0 Å². The quantitative estimate of drug-likeness (QED) is 0.875. The normalized spacial score (nSPS) is 24.6. The molecule has 0 radical (unpaired) electrons. The predicted molar refractivity (Wildman–Crippen MR) is 71.3 cm³/mol. The van der Waals surface area contributed by atoms with Gasteiger partial charge in [0.2, 0.25) is 0 Å². The Morgan fingerprint density at radius 1 is 1.39 bits per heavy atom. The van der Waals surface area contributed by atoms with Crippen LogP contribution in [0.25, 0.3) is 0 Å². The van der Waals surface area contributed by atoms with E-state index in [1.165, 1.54) is 0 Å². The number of benzene rings is 1. The van der Waals surface area contributed by atoms with Gasteiger partial charge in [-0.3, -0.25) is 0 Å². The topological polar surface area (TPSA) is 66.4 Å². The highest BCUT2D eigenvalue weighted by atomic mass is 32.2. The molecule has 0 spiro atoms. The van der Waals surface area contributed by atoms with E-state index in [0.717, 1.165) is 12.0 Å². The Balaban J connectivity index is 2.04. The van der Waals surface area contributed by atoms with Gasteiger partial charge in [-0.15, -0.1) is 0 Å². The molecule has 1 heterocycles. The maximum absolute atomic E-state index is 11.6. The second-order valence-corrected chi connectivity index (χ2v) is 7.13. The molecule has 4 nitrogen and oxygen atoms in total. The average molecular weight is 269 g/mol. The van der Waals surface area contributed by atoms with Crippen LogP contribution in [-0.2, 0) is 9.84 Å². The van der Waals surface area contributed by atoms with Crippen molar-refractivity contribution in [1.29, 1.82) is 0 Å². The fourth-order valence-corrected chi connectivity index (χ4v) is 4.10. The molecular weight excluding hydrogens is 250 g/mol. The summed E-state index contributed by atoms with van der Waals surface area (Å²) in [5.74, 6) is 0.748. The van der Waals surface area contributed by atoms with E-state index in [0.29, 0.717) is 12.2 Å². The van der Waals surface area contributed by atoms with Gasteiger partial charge < -0.3 is 10.4 Å². The SMILES string of the molecule is CC(NC1CCCS(=O)(=O)C1)c1ccccc1O. The number of phenolic OH excluding ortho intramolecular Hbond substituents is 1. The van der Waals surface area contributed by atoms with Crippen LogP contribution in [0, 0.1) is 0 Å². The number of phenols is 1. The molecule has 2 unspecified atom stereocenters. The number of sulfone groups is 1. The van der Waals surface area contributed by atoms with Gasteiger partial charge >= 0.3 is 0 Å². The number of aromatic hydroxyl groups is 1. The van der Waals surface area contributed by atoms with Crippen molar-refractivity contribution in [2.75, 3.05) is 11.5 Å². The molecular formula is C13H19NO3S. The molecule has 1 aliphatic heterocycles. The third-order valence-electron chi connectivity index (χ3n) is 3.35. The Labute approximate surface area is 108 Å². The first-order valence-corrected chi connectivity index (χ1v) is 8.04. The fraction of sp³-hybridized carbons (Fsp3) is 0.538. The molecule has 1 saturated heterocycles. The lowest BCUT2D eigenvalue weighted by Gasteiger charge is -2.27. The van der Waals surface area contributed by atoms with Crippen LogP contribution in [0.5, 0.6) is 5.75 Å². The Bertz CT molecular complexity index is 513. The highest BCUT2D eigenvalue weighted by Crippen LogP contribution is 2.24. The minimum absolute atomic E-state index is 0.0154. The molecule has 2 rings (SSSR count). The van der Waals surface area contributed by atoms with E-state index in [4.69, 9.17) is 0 Å². The Kier molecular flexibility index (Phi) is 3.92. The van der Waals surface area contributed by atoms with Crippen molar-refractivity contribution in [2.24, 2.45) is 0 Å². The van der Waals surface area contributed by atoms with Gasteiger partial charge in [0.1, 0.15) is 5.75 Å². The van der Waals surface area contributed by atoms with Gasteiger partial charge in [0.15, 0.2) is 9.84 Å². The minimum Gasteiger partial charge on any atom is -0.508 e. The van der Waals surface area contributed by atoms with Crippen molar-refractivity contribution in [3.63, 3.8) is 0 Å². The maximum atomic E-state index is 11.6. The van der Waals surface area contributed by atoms with E-state index in [1.807, 2.05) is 19.1 Å². The molecule has 0 saturated carbocycles. The Morgan fingerprint density at radius 3 is 2.78 bits per heavy atom. The number of hydrogen-bond acceptors (Lipinski definition) is 4. The summed E-state index contributed by atoms with van der Waals surface area (Å²) in [5.41, 5.74) is 0.806. The first-order valence-electron chi connectivity index (χ1n) is 6.22. The van der Waals surface area contributed by atoms with Crippen LogP contribution in [-0.4, -0.2) is 31.1 Å². The lowest BCUT2D eigenvalue weighted by Crippen LogP contribution is -2.41. The van der Waals surface area contributed by atoms with Gasteiger partial charge in [-0.05, 0) is 25.8 Å². The van der Waals surface area contributed by atoms with Crippen molar-refractivity contribution in [2.45, 2.75) is 31.8 Å². The summed E-state index contributed by atoms with van der Waals surface area (Å²) in [6, 6.07) is 7.07. The van der Waals surface area contributed by atoms with E-state index in [-0.39, 0.29) is 23.6 Å². The molecule has 1 aromatic rings. The highest BCUT2D eigenvalue weighted by molar-refractivity contribution is 7.91. The summed E-state index contributed by atoms with van der Waals surface area (Å²) in [5, 5.41) is 13.0. The third-order valence-corrected chi connectivity index (χ3v) is 5.17. The summed E-state index contributed by atoms with van der Waals surface area (Å²) in [6.45, 7) is 1.94. The van der Waals surface area contributed by atoms with E-state index in [2.05, 4.69) is 5.32 Å². The van der Waals surface area contributed by atoms with Gasteiger partial charge in [-0.25, -0.2) is 8.42 Å². The van der Waals surface area contributed by atoms with Crippen molar-refractivity contribution < 1.29 is 13.5 Å². The third kappa shape index (κ3) is 3.23. The molecule has 2 atom stereocenters. The highest BCUT2D eigenvalue weighted by Gasteiger charge is 2.26. The van der Waals surface area contributed by atoms with Gasteiger partial charge in [0, 0.05) is 17.6 Å². The van der Waals surface area contributed by atoms with Gasteiger partial charge in [-0.2, -0.15) is 0 Å². The van der Waals surface area contributed by atoms with Gasteiger partial charge in [0.25, 0.3) is 0 Å². The monoisotopic (exact) mass is 269 g/mol. The zero-order valence-electron chi connectivity index (χ0n) is 10.5. The Hall–Kier alpha value is -1.07. The minimum atomic E-state index is -2.89. The molecule has 2 N–H and O–H groups in total. The summed E-state index contributed by atoms with van der Waals surface area (Å²) < 4.78 is 23.1. The molecule has 0 aliphatic carbocycles. The van der Waals surface area contributed by atoms with Crippen LogP contribution in [0.2, 0.25) is 0 Å². The Morgan fingerprint density at radius 2 is 2.11 bits per heavy atom. The maximum Gasteiger partial charge on any atom is 0.151 e. The molecule has 0 aromatic heterocycles. The summed E-state index contributed by atoms with van der Waals surface area (Å²) in [7, 11) is -2.89. The molecule has 0 bridgehead atoms. The molecule has 1 aromatic carbocycles. The molecule has 18 heavy (non-hydrogen) atoms. The van der Waals surface area contributed by atoms with Crippen molar-refractivity contribution in [3.05, 3.63) is 29.8 Å². The standard InChI is InChI=1S/C13H19NO3S/c1-10(12-6-2-3-7-13(12)15)14-11-5-4-8-18(16,17)9-11/h2-3,6-7,10-11,14-15H,4-5,8-9H2,1H3. The van der Waals surface area contributed by atoms with Crippen LogP contribution in [0.3, 0.4) is 0 Å². The van der Waals surface area contributed by atoms with Crippen LogP contribution in [0.15, 0.2) is 24.3 Å². The lowest BCUT2D eigenvalue weighted by molar-refractivity contribution is 0.416. The first kappa shape index (κ1) is 13.4. The second kappa shape index (κ2) is 5.28. The summed E-state index contributed by atoms with van der Waals surface area (Å²) in [6.07, 6.45) is 1.59. The number of nitrogens with one attached hydrogen (secondary N) is 1. The zero-order chi connectivity index (χ0) is 13.2. The summed E-state index contributed by atoms with van der Waals surface area (Å²) in [4.78, 5) is 0. The first-order chi connectivity index (χ1) is 8.48. The van der Waals surface area contributed by atoms with Crippen LogP contribution < -0.4 is 5.32 Å². The number of para-hydroxylation sites is 1. The fourth-order valence-electron chi connectivity index (χ4n) is 2.45. The average Bonchev–Trinajstić information content (AvgIpc) is 2.28.